The van der Waals surface area contributed by atoms with Gasteiger partial charge in [-0.15, -0.1) is 11.3 Å². The van der Waals surface area contributed by atoms with E-state index >= 15 is 0 Å². The molecule has 142 valence electrons. The molecule has 2 aromatic rings. The number of quaternary nitrogens is 1. The van der Waals surface area contributed by atoms with E-state index in [1.54, 1.807) is 11.3 Å². The lowest BCUT2D eigenvalue weighted by Crippen LogP contribution is -3.11. The molecule has 1 unspecified atom stereocenters. The third-order valence-corrected chi connectivity index (χ3v) is 4.97. The van der Waals surface area contributed by atoms with E-state index in [-0.39, 0.29) is 11.4 Å². The van der Waals surface area contributed by atoms with Crippen molar-refractivity contribution in [2.24, 2.45) is 0 Å². The van der Waals surface area contributed by atoms with Gasteiger partial charge in [-0.05, 0) is 64.8 Å². The van der Waals surface area contributed by atoms with Gasteiger partial charge in [0.2, 0.25) is 0 Å². The van der Waals surface area contributed by atoms with E-state index in [2.05, 4.69) is 60.0 Å². The van der Waals surface area contributed by atoms with Gasteiger partial charge in [0.1, 0.15) is 12.2 Å². The minimum Gasteiger partial charge on any atom is -0.347 e. The Balaban J connectivity index is 1.95. The van der Waals surface area contributed by atoms with Crippen LogP contribution in [0.5, 0.6) is 0 Å². The number of likely N-dealkylation sites (N-methyl/N-ethyl adjacent to an activating group) is 1. The van der Waals surface area contributed by atoms with Crippen LogP contribution in [0.3, 0.4) is 0 Å². The van der Waals surface area contributed by atoms with Crippen molar-refractivity contribution < 1.29 is 9.69 Å². The molecule has 1 amide bonds. The van der Waals surface area contributed by atoms with Crippen LogP contribution in [0.4, 0.5) is 10.8 Å². The molecule has 26 heavy (non-hydrogen) atoms. The van der Waals surface area contributed by atoms with Crippen molar-refractivity contribution in [2.45, 2.75) is 53.6 Å². The van der Waals surface area contributed by atoms with Crippen molar-refractivity contribution in [2.75, 3.05) is 18.4 Å². The van der Waals surface area contributed by atoms with Gasteiger partial charge < -0.3 is 15.5 Å². The maximum atomic E-state index is 12.2. The highest BCUT2D eigenvalue weighted by Gasteiger charge is 2.19. The Bertz CT molecular complexity index is 749. The SMILES string of the molecule is CC[NH+](CC(=O)NC(C)(C)C)Cc1csc(Nc2ccc(C)c(C)c2)n1. The van der Waals surface area contributed by atoms with E-state index in [4.69, 9.17) is 0 Å². The Morgan fingerprint density at radius 2 is 1.96 bits per heavy atom. The number of benzene rings is 1. The van der Waals surface area contributed by atoms with E-state index in [1.807, 2.05) is 20.8 Å². The maximum absolute atomic E-state index is 12.2. The second-order valence-corrected chi connectivity index (χ2v) is 8.68. The third kappa shape index (κ3) is 6.42. The molecule has 1 aromatic heterocycles. The summed E-state index contributed by atoms with van der Waals surface area (Å²) in [6.07, 6.45) is 0. The van der Waals surface area contributed by atoms with Crippen LogP contribution in [0.15, 0.2) is 23.6 Å². The fourth-order valence-electron chi connectivity index (χ4n) is 2.65. The van der Waals surface area contributed by atoms with Gasteiger partial charge in [-0.2, -0.15) is 0 Å². The van der Waals surface area contributed by atoms with E-state index in [0.29, 0.717) is 6.54 Å². The van der Waals surface area contributed by atoms with Gasteiger partial charge in [0, 0.05) is 16.6 Å². The van der Waals surface area contributed by atoms with Crippen LogP contribution >= 0.6 is 11.3 Å². The summed E-state index contributed by atoms with van der Waals surface area (Å²) in [7, 11) is 0. The summed E-state index contributed by atoms with van der Waals surface area (Å²) < 4.78 is 0. The number of nitrogens with zero attached hydrogens (tertiary/aromatic N) is 1. The summed E-state index contributed by atoms with van der Waals surface area (Å²) >= 11 is 1.60. The van der Waals surface area contributed by atoms with Gasteiger partial charge in [-0.3, -0.25) is 4.79 Å². The summed E-state index contributed by atoms with van der Waals surface area (Å²) in [6.45, 7) is 14.4. The zero-order chi connectivity index (χ0) is 19.3. The van der Waals surface area contributed by atoms with E-state index in [1.165, 1.54) is 16.0 Å². The number of hydrogen-bond acceptors (Lipinski definition) is 4. The average Bonchev–Trinajstić information content (AvgIpc) is 2.95. The molecule has 1 heterocycles. The summed E-state index contributed by atoms with van der Waals surface area (Å²) in [5, 5.41) is 9.36. The first-order chi connectivity index (χ1) is 12.2. The largest absolute Gasteiger partial charge is 0.347 e. The van der Waals surface area contributed by atoms with Gasteiger partial charge in [0.25, 0.3) is 5.91 Å². The molecule has 0 aliphatic rings. The number of hydrogen-bond donors (Lipinski definition) is 3. The van der Waals surface area contributed by atoms with Crippen molar-refractivity contribution >= 4 is 28.1 Å². The molecule has 0 saturated heterocycles. The first-order valence-electron chi connectivity index (χ1n) is 9.09. The Labute approximate surface area is 160 Å². The molecule has 0 saturated carbocycles. The molecule has 0 aliphatic carbocycles. The van der Waals surface area contributed by atoms with Crippen LogP contribution in [-0.4, -0.2) is 29.5 Å². The number of rotatable bonds is 7. The van der Waals surface area contributed by atoms with Crippen molar-refractivity contribution in [1.82, 2.24) is 10.3 Å². The summed E-state index contributed by atoms with van der Waals surface area (Å²) in [6, 6.07) is 6.32. The second-order valence-electron chi connectivity index (χ2n) is 7.82. The Morgan fingerprint density at radius 3 is 2.58 bits per heavy atom. The molecule has 0 fully saturated rings. The topological polar surface area (TPSA) is 58.5 Å². The van der Waals surface area contributed by atoms with Crippen LogP contribution in [0.25, 0.3) is 0 Å². The second kappa shape index (κ2) is 8.64. The van der Waals surface area contributed by atoms with Crippen molar-refractivity contribution in [3.63, 3.8) is 0 Å². The summed E-state index contributed by atoms with van der Waals surface area (Å²) in [4.78, 5) is 18.0. The molecule has 3 N–H and O–H groups in total. The van der Waals surface area contributed by atoms with E-state index in [0.717, 1.165) is 29.6 Å². The summed E-state index contributed by atoms with van der Waals surface area (Å²) in [5.41, 5.74) is 4.42. The molecule has 0 aliphatic heterocycles. The molecule has 0 radical (unpaired) electrons. The van der Waals surface area contributed by atoms with Crippen molar-refractivity contribution in [3.8, 4) is 0 Å². The minimum absolute atomic E-state index is 0.0815. The summed E-state index contributed by atoms with van der Waals surface area (Å²) in [5.74, 6) is 0.0815. The number of amides is 1. The first-order valence-corrected chi connectivity index (χ1v) is 9.97. The van der Waals surface area contributed by atoms with Crippen LogP contribution in [-0.2, 0) is 11.3 Å². The third-order valence-electron chi connectivity index (χ3n) is 4.17. The highest BCUT2D eigenvalue weighted by atomic mass is 32.1. The lowest BCUT2D eigenvalue weighted by Gasteiger charge is -2.22. The number of carbonyl (C=O) groups excluding carboxylic acids is 1. The highest BCUT2D eigenvalue weighted by Crippen LogP contribution is 2.22. The van der Waals surface area contributed by atoms with Crippen LogP contribution in [0, 0.1) is 13.8 Å². The van der Waals surface area contributed by atoms with Gasteiger partial charge in [0.15, 0.2) is 11.7 Å². The van der Waals surface area contributed by atoms with Gasteiger partial charge in [-0.25, -0.2) is 4.98 Å². The quantitative estimate of drug-likeness (QED) is 0.697. The lowest BCUT2D eigenvalue weighted by molar-refractivity contribution is -0.904. The molecule has 1 atom stereocenters. The molecule has 1 aromatic carbocycles. The van der Waals surface area contributed by atoms with Gasteiger partial charge in [-0.1, -0.05) is 6.07 Å². The zero-order valence-corrected chi connectivity index (χ0v) is 17.5. The molecule has 6 heteroatoms. The molecule has 5 nitrogen and oxygen atoms in total. The molecular formula is C20H31N4OS+. The maximum Gasteiger partial charge on any atom is 0.275 e. The van der Waals surface area contributed by atoms with Crippen molar-refractivity contribution in [1.29, 1.82) is 0 Å². The molecule has 0 spiro atoms. The van der Waals surface area contributed by atoms with Crippen LogP contribution in [0.2, 0.25) is 0 Å². The van der Waals surface area contributed by atoms with Gasteiger partial charge >= 0.3 is 0 Å². The predicted molar refractivity (Wildman–Crippen MR) is 109 cm³/mol. The van der Waals surface area contributed by atoms with Crippen LogP contribution < -0.4 is 15.5 Å². The number of anilines is 2. The monoisotopic (exact) mass is 375 g/mol. The van der Waals surface area contributed by atoms with Crippen molar-refractivity contribution in [3.05, 3.63) is 40.4 Å². The van der Waals surface area contributed by atoms with Crippen LogP contribution in [0.1, 0.15) is 44.5 Å². The normalized spacial score (nSPS) is 12.7. The van der Waals surface area contributed by atoms with Gasteiger partial charge in [0.05, 0.1) is 6.54 Å². The number of carbonyl (C=O) groups is 1. The number of nitrogens with one attached hydrogen (secondary N) is 3. The first kappa shape index (κ1) is 20.4. The number of aromatic nitrogens is 1. The lowest BCUT2D eigenvalue weighted by atomic mass is 10.1. The Kier molecular flexibility index (Phi) is 6.78. The fraction of sp³-hybridized carbons (Fsp3) is 0.500. The fourth-order valence-corrected chi connectivity index (χ4v) is 3.38. The Hall–Kier alpha value is -1.92. The number of aryl methyl sites for hydroxylation is 2. The molecule has 0 bridgehead atoms. The smallest absolute Gasteiger partial charge is 0.275 e. The molecule has 2 rings (SSSR count). The average molecular weight is 376 g/mol. The Morgan fingerprint density at radius 1 is 1.23 bits per heavy atom. The highest BCUT2D eigenvalue weighted by molar-refractivity contribution is 7.13. The predicted octanol–water partition coefficient (Wildman–Crippen LogP) is 2.82. The van der Waals surface area contributed by atoms with E-state index in [9.17, 15) is 4.79 Å². The van der Waals surface area contributed by atoms with E-state index < -0.39 is 0 Å². The molecular weight excluding hydrogens is 344 g/mol. The standard InChI is InChI=1S/C20H30N4OS/c1-7-24(12-18(25)23-20(4,5)6)11-17-13-26-19(22-17)21-16-9-8-14(2)15(3)10-16/h8-10,13H,7,11-12H2,1-6H3,(H,21,22)(H,23,25)/p+1. The number of thiazole rings is 1. The zero-order valence-electron chi connectivity index (χ0n) is 16.7. The minimum atomic E-state index is -0.195.